The quantitative estimate of drug-likeness (QED) is 0.658. The van der Waals surface area contributed by atoms with E-state index in [2.05, 4.69) is 23.8 Å². The molecule has 0 aliphatic carbocycles. The Balaban J connectivity index is 2.83. The second-order valence-electron chi connectivity index (χ2n) is 2.60. The van der Waals surface area contributed by atoms with Gasteiger partial charge in [0.2, 0.25) is 0 Å². The van der Waals surface area contributed by atoms with Crippen molar-refractivity contribution < 1.29 is 0 Å². The van der Waals surface area contributed by atoms with E-state index in [1.807, 2.05) is 6.20 Å². The first-order chi connectivity index (χ1) is 5.38. The molecule has 11 heavy (non-hydrogen) atoms. The van der Waals surface area contributed by atoms with Crippen LogP contribution in [-0.2, 0) is 12.8 Å². The van der Waals surface area contributed by atoms with Crippen LogP contribution in [-0.4, -0.2) is 9.97 Å². The van der Waals surface area contributed by atoms with Gasteiger partial charge in [0.15, 0.2) is 0 Å². The molecule has 1 aromatic heterocycles. The van der Waals surface area contributed by atoms with Gasteiger partial charge in [-0.1, -0.05) is 20.3 Å². The summed E-state index contributed by atoms with van der Waals surface area (Å²) in [6, 6.07) is 0. The van der Waals surface area contributed by atoms with Crippen LogP contribution < -0.4 is 0 Å². The third-order valence-corrected chi connectivity index (χ3v) is 1.75. The van der Waals surface area contributed by atoms with E-state index in [9.17, 15) is 0 Å². The zero-order chi connectivity index (χ0) is 8.10. The molecule has 0 aromatic carbocycles. The minimum Gasteiger partial charge on any atom is -0.245 e. The van der Waals surface area contributed by atoms with E-state index in [0.717, 1.165) is 19.3 Å². The van der Waals surface area contributed by atoms with E-state index in [4.69, 9.17) is 0 Å². The van der Waals surface area contributed by atoms with Crippen molar-refractivity contribution in [1.29, 1.82) is 0 Å². The van der Waals surface area contributed by atoms with Gasteiger partial charge in [-0.3, -0.25) is 0 Å². The fourth-order valence-electron chi connectivity index (χ4n) is 1.14. The highest BCUT2D eigenvalue weighted by molar-refractivity contribution is 5.15. The summed E-state index contributed by atoms with van der Waals surface area (Å²) in [5.41, 5.74) is 2.50. The fraction of sp³-hybridized carbons (Fsp3) is 0.556. The largest absolute Gasteiger partial charge is 0.245 e. The number of aryl methyl sites for hydroxylation is 2. The third-order valence-electron chi connectivity index (χ3n) is 1.75. The molecule has 0 radical (unpaired) electrons. The third kappa shape index (κ3) is 2.00. The van der Waals surface area contributed by atoms with Crippen LogP contribution in [0.1, 0.15) is 31.5 Å². The van der Waals surface area contributed by atoms with Gasteiger partial charge in [-0.25, -0.2) is 9.97 Å². The Morgan fingerprint density at radius 2 is 2.18 bits per heavy atom. The smallest absolute Gasteiger partial charge is 0.115 e. The van der Waals surface area contributed by atoms with Gasteiger partial charge in [0, 0.05) is 11.9 Å². The Bertz CT molecular complexity index is 221. The first-order valence-corrected chi connectivity index (χ1v) is 4.16. The van der Waals surface area contributed by atoms with Gasteiger partial charge in [0.1, 0.15) is 6.33 Å². The van der Waals surface area contributed by atoms with Crippen LogP contribution in [0.2, 0.25) is 0 Å². The van der Waals surface area contributed by atoms with Crippen molar-refractivity contribution in [2.75, 3.05) is 0 Å². The standard InChI is InChI=1S/C9H14N2/c1-3-5-9-8(4-2)6-10-7-11-9/h6-7H,3-5H2,1-2H3. The Kier molecular flexibility index (Phi) is 3.02. The summed E-state index contributed by atoms with van der Waals surface area (Å²) in [5, 5.41) is 0. The summed E-state index contributed by atoms with van der Waals surface area (Å²) in [4.78, 5) is 8.22. The van der Waals surface area contributed by atoms with E-state index in [1.165, 1.54) is 11.3 Å². The van der Waals surface area contributed by atoms with Gasteiger partial charge in [0.05, 0.1) is 0 Å². The van der Waals surface area contributed by atoms with Crippen molar-refractivity contribution in [1.82, 2.24) is 9.97 Å². The maximum Gasteiger partial charge on any atom is 0.115 e. The summed E-state index contributed by atoms with van der Waals surface area (Å²) in [7, 11) is 0. The molecule has 2 nitrogen and oxygen atoms in total. The number of rotatable bonds is 3. The predicted molar refractivity (Wildman–Crippen MR) is 45.4 cm³/mol. The average Bonchev–Trinajstić information content (AvgIpc) is 2.06. The van der Waals surface area contributed by atoms with Gasteiger partial charge < -0.3 is 0 Å². The molecule has 0 unspecified atom stereocenters. The molecule has 0 atom stereocenters. The highest BCUT2D eigenvalue weighted by atomic mass is 14.8. The van der Waals surface area contributed by atoms with Crippen molar-refractivity contribution >= 4 is 0 Å². The van der Waals surface area contributed by atoms with Crippen molar-refractivity contribution in [3.63, 3.8) is 0 Å². The zero-order valence-electron chi connectivity index (χ0n) is 7.17. The topological polar surface area (TPSA) is 25.8 Å². The lowest BCUT2D eigenvalue weighted by molar-refractivity contribution is 0.843. The summed E-state index contributed by atoms with van der Waals surface area (Å²) in [5.74, 6) is 0. The molecule has 0 N–H and O–H groups in total. The van der Waals surface area contributed by atoms with Crippen LogP contribution in [0.5, 0.6) is 0 Å². The van der Waals surface area contributed by atoms with E-state index in [0.29, 0.717) is 0 Å². The Hall–Kier alpha value is -0.920. The lowest BCUT2D eigenvalue weighted by Crippen LogP contribution is -1.96. The lowest BCUT2D eigenvalue weighted by Gasteiger charge is -2.02. The van der Waals surface area contributed by atoms with Crippen LogP contribution in [0.15, 0.2) is 12.5 Å². The molecule has 0 saturated heterocycles. The van der Waals surface area contributed by atoms with E-state index in [-0.39, 0.29) is 0 Å². The minimum atomic E-state index is 1.04. The van der Waals surface area contributed by atoms with E-state index >= 15 is 0 Å². The van der Waals surface area contributed by atoms with Crippen LogP contribution in [0.3, 0.4) is 0 Å². The summed E-state index contributed by atoms with van der Waals surface area (Å²) >= 11 is 0. The molecular formula is C9H14N2. The Morgan fingerprint density at radius 1 is 1.36 bits per heavy atom. The van der Waals surface area contributed by atoms with Gasteiger partial charge in [-0.05, 0) is 18.4 Å². The SMILES string of the molecule is CCCc1ncncc1CC. The van der Waals surface area contributed by atoms with Crippen molar-refractivity contribution in [2.45, 2.75) is 33.1 Å². The zero-order valence-corrected chi connectivity index (χ0v) is 7.17. The van der Waals surface area contributed by atoms with Crippen molar-refractivity contribution in [3.8, 4) is 0 Å². The average molecular weight is 150 g/mol. The maximum atomic E-state index is 4.23. The van der Waals surface area contributed by atoms with Gasteiger partial charge in [0.25, 0.3) is 0 Å². The molecular weight excluding hydrogens is 136 g/mol. The Labute approximate surface area is 67.7 Å². The molecule has 1 rings (SSSR count). The summed E-state index contributed by atoms with van der Waals surface area (Å²) < 4.78 is 0. The van der Waals surface area contributed by atoms with Gasteiger partial charge in [-0.2, -0.15) is 0 Å². The molecule has 1 aromatic rings. The maximum absolute atomic E-state index is 4.23. The van der Waals surface area contributed by atoms with Gasteiger partial charge >= 0.3 is 0 Å². The van der Waals surface area contributed by atoms with Crippen LogP contribution in [0.25, 0.3) is 0 Å². The van der Waals surface area contributed by atoms with E-state index in [1.54, 1.807) is 6.33 Å². The first-order valence-electron chi connectivity index (χ1n) is 4.16. The summed E-state index contributed by atoms with van der Waals surface area (Å²) in [6.45, 7) is 4.30. The number of hydrogen-bond acceptors (Lipinski definition) is 2. The van der Waals surface area contributed by atoms with Crippen LogP contribution >= 0.6 is 0 Å². The normalized spacial score (nSPS) is 10.0. The number of nitrogens with zero attached hydrogens (tertiary/aromatic N) is 2. The highest BCUT2D eigenvalue weighted by Crippen LogP contribution is 2.06. The van der Waals surface area contributed by atoms with Crippen molar-refractivity contribution in [3.05, 3.63) is 23.8 Å². The summed E-state index contributed by atoms with van der Waals surface area (Å²) in [6.07, 6.45) is 6.81. The first kappa shape index (κ1) is 8.18. The second kappa shape index (κ2) is 4.06. The number of hydrogen-bond donors (Lipinski definition) is 0. The molecule has 0 spiro atoms. The molecule has 1 heterocycles. The fourth-order valence-corrected chi connectivity index (χ4v) is 1.14. The number of aromatic nitrogens is 2. The molecule has 0 saturated carbocycles. The minimum absolute atomic E-state index is 1.04. The molecule has 2 heteroatoms. The van der Waals surface area contributed by atoms with Gasteiger partial charge in [-0.15, -0.1) is 0 Å². The highest BCUT2D eigenvalue weighted by Gasteiger charge is 1.98. The second-order valence-corrected chi connectivity index (χ2v) is 2.60. The molecule has 60 valence electrons. The van der Waals surface area contributed by atoms with Crippen molar-refractivity contribution in [2.24, 2.45) is 0 Å². The molecule has 0 aliphatic rings. The molecule has 0 fully saturated rings. The molecule has 0 amide bonds. The van der Waals surface area contributed by atoms with E-state index < -0.39 is 0 Å². The predicted octanol–water partition coefficient (Wildman–Crippen LogP) is 1.99. The Morgan fingerprint density at radius 3 is 2.82 bits per heavy atom. The van der Waals surface area contributed by atoms with Crippen LogP contribution in [0.4, 0.5) is 0 Å². The monoisotopic (exact) mass is 150 g/mol. The van der Waals surface area contributed by atoms with Crippen LogP contribution in [0, 0.1) is 0 Å². The molecule has 0 bridgehead atoms. The lowest BCUT2D eigenvalue weighted by atomic mass is 10.1. The molecule has 0 aliphatic heterocycles.